The predicted molar refractivity (Wildman–Crippen MR) is 90.6 cm³/mol. The lowest BCUT2D eigenvalue weighted by Crippen LogP contribution is -2.09. The second-order valence-electron chi connectivity index (χ2n) is 5.69. The average molecular weight is 294 g/mol. The van der Waals surface area contributed by atoms with Gasteiger partial charge in [-0.15, -0.1) is 0 Å². The van der Waals surface area contributed by atoms with Crippen molar-refractivity contribution in [2.75, 3.05) is 26.1 Å². The Balaban J connectivity index is 2.26. The van der Waals surface area contributed by atoms with Gasteiger partial charge in [-0.2, -0.15) is 5.26 Å². The molecule has 3 nitrogen and oxygen atoms in total. The highest BCUT2D eigenvalue weighted by molar-refractivity contribution is 5.48. The molecule has 0 heterocycles. The van der Waals surface area contributed by atoms with Crippen LogP contribution < -0.4 is 9.64 Å². The number of hydrogen-bond donors (Lipinski definition) is 0. The molecule has 1 atom stereocenters. The lowest BCUT2D eigenvalue weighted by molar-refractivity contribution is 0.409. The lowest BCUT2D eigenvalue weighted by Gasteiger charge is -2.16. The molecule has 2 aromatic carbocycles. The van der Waals surface area contributed by atoms with E-state index in [2.05, 4.69) is 24.0 Å². The predicted octanol–water partition coefficient (Wildman–Crippen LogP) is 3.92. The van der Waals surface area contributed by atoms with Crippen molar-refractivity contribution in [3.05, 3.63) is 59.2 Å². The standard InChI is InChI=1S/C19H22N2O/c1-14-5-10-19(22-4)16(11-14)12-17(13-20)15-6-8-18(9-7-15)21(2)3/h5-11,17H,12H2,1-4H3. The van der Waals surface area contributed by atoms with Gasteiger partial charge in [-0.05, 0) is 42.7 Å². The van der Waals surface area contributed by atoms with Crippen LogP contribution in [0, 0.1) is 18.3 Å². The second-order valence-corrected chi connectivity index (χ2v) is 5.69. The fourth-order valence-electron chi connectivity index (χ4n) is 2.53. The van der Waals surface area contributed by atoms with Crippen molar-refractivity contribution in [1.29, 1.82) is 5.26 Å². The summed E-state index contributed by atoms with van der Waals surface area (Å²) in [6, 6.07) is 16.7. The second kappa shape index (κ2) is 7.00. The van der Waals surface area contributed by atoms with Gasteiger partial charge in [0.15, 0.2) is 0 Å². The zero-order valence-electron chi connectivity index (χ0n) is 13.6. The zero-order chi connectivity index (χ0) is 16.1. The van der Waals surface area contributed by atoms with Gasteiger partial charge in [0, 0.05) is 19.8 Å². The van der Waals surface area contributed by atoms with Crippen molar-refractivity contribution in [1.82, 2.24) is 0 Å². The maximum Gasteiger partial charge on any atom is 0.122 e. The van der Waals surface area contributed by atoms with Crippen molar-refractivity contribution in [3.8, 4) is 11.8 Å². The van der Waals surface area contributed by atoms with Gasteiger partial charge in [-0.25, -0.2) is 0 Å². The first-order valence-corrected chi connectivity index (χ1v) is 7.35. The molecule has 0 saturated carbocycles. The number of anilines is 1. The Morgan fingerprint density at radius 3 is 2.36 bits per heavy atom. The van der Waals surface area contributed by atoms with Gasteiger partial charge in [0.2, 0.25) is 0 Å². The van der Waals surface area contributed by atoms with E-state index in [1.165, 1.54) is 5.56 Å². The first kappa shape index (κ1) is 15.9. The number of nitrogens with zero attached hydrogens (tertiary/aromatic N) is 2. The SMILES string of the molecule is COc1ccc(C)cc1CC(C#N)c1ccc(N(C)C)cc1. The molecule has 0 radical (unpaired) electrons. The number of benzene rings is 2. The highest BCUT2D eigenvalue weighted by Crippen LogP contribution is 2.28. The molecule has 0 aliphatic rings. The van der Waals surface area contributed by atoms with Gasteiger partial charge in [-0.1, -0.05) is 29.8 Å². The number of rotatable bonds is 5. The minimum atomic E-state index is -0.174. The zero-order valence-corrected chi connectivity index (χ0v) is 13.6. The first-order valence-electron chi connectivity index (χ1n) is 7.35. The third-order valence-corrected chi connectivity index (χ3v) is 3.83. The molecule has 0 fully saturated rings. The Morgan fingerprint density at radius 1 is 1.14 bits per heavy atom. The van der Waals surface area contributed by atoms with Gasteiger partial charge in [0.1, 0.15) is 5.75 Å². The molecule has 2 rings (SSSR count). The van der Waals surface area contributed by atoms with E-state index in [4.69, 9.17) is 4.74 Å². The number of nitriles is 1. The van der Waals surface area contributed by atoms with Crippen molar-refractivity contribution >= 4 is 5.69 Å². The minimum absolute atomic E-state index is 0.174. The molecule has 1 unspecified atom stereocenters. The third kappa shape index (κ3) is 3.59. The van der Waals surface area contributed by atoms with Gasteiger partial charge >= 0.3 is 0 Å². The topological polar surface area (TPSA) is 36.3 Å². The van der Waals surface area contributed by atoms with Crippen LogP contribution in [-0.4, -0.2) is 21.2 Å². The Bertz CT molecular complexity index is 669. The molecular formula is C19H22N2O. The van der Waals surface area contributed by atoms with Gasteiger partial charge in [0.05, 0.1) is 19.1 Å². The highest BCUT2D eigenvalue weighted by Gasteiger charge is 2.15. The van der Waals surface area contributed by atoms with Crippen LogP contribution in [0.5, 0.6) is 5.75 Å². The van der Waals surface area contributed by atoms with Crippen LogP contribution in [0.4, 0.5) is 5.69 Å². The third-order valence-electron chi connectivity index (χ3n) is 3.83. The fraction of sp³-hybridized carbons (Fsp3) is 0.316. The lowest BCUT2D eigenvalue weighted by atomic mass is 9.92. The van der Waals surface area contributed by atoms with Crippen LogP contribution in [0.25, 0.3) is 0 Å². The Labute approximate surface area is 132 Å². The van der Waals surface area contributed by atoms with E-state index >= 15 is 0 Å². The minimum Gasteiger partial charge on any atom is -0.496 e. The molecule has 0 aromatic heterocycles. The summed E-state index contributed by atoms with van der Waals surface area (Å²) >= 11 is 0. The van der Waals surface area contributed by atoms with Crippen LogP contribution in [0.1, 0.15) is 22.6 Å². The average Bonchev–Trinajstić information content (AvgIpc) is 2.53. The van der Waals surface area contributed by atoms with Crippen LogP contribution >= 0.6 is 0 Å². The molecular weight excluding hydrogens is 272 g/mol. The largest absolute Gasteiger partial charge is 0.496 e. The van der Waals surface area contributed by atoms with E-state index in [0.29, 0.717) is 6.42 Å². The van der Waals surface area contributed by atoms with Crippen molar-refractivity contribution in [2.24, 2.45) is 0 Å². The smallest absolute Gasteiger partial charge is 0.122 e. The molecule has 22 heavy (non-hydrogen) atoms. The molecule has 0 N–H and O–H groups in total. The van der Waals surface area contributed by atoms with E-state index in [9.17, 15) is 5.26 Å². The number of hydrogen-bond acceptors (Lipinski definition) is 3. The number of aryl methyl sites for hydroxylation is 1. The molecule has 0 spiro atoms. The van der Waals surface area contributed by atoms with Gasteiger partial charge in [-0.3, -0.25) is 0 Å². The fourth-order valence-corrected chi connectivity index (χ4v) is 2.53. The molecule has 0 amide bonds. The number of ether oxygens (including phenoxy) is 1. The van der Waals surface area contributed by atoms with Crippen LogP contribution in [0.2, 0.25) is 0 Å². The van der Waals surface area contributed by atoms with E-state index in [-0.39, 0.29) is 5.92 Å². The summed E-state index contributed by atoms with van der Waals surface area (Å²) in [4.78, 5) is 2.05. The molecule has 0 saturated heterocycles. The Hall–Kier alpha value is -2.47. The van der Waals surface area contributed by atoms with E-state index in [0.717, 1.165) is 22.6 Å². The Morgan fingerprint density at radius 2 is 1.82 bits per heavy atom. The molecule has 3 heteroatoms. The monoisotopic (exact) mass is 294 g/mol. The maximum atomic E-state index is 9.55. The van der Waals surface area contributed by atoms with Crippen LogP contribution in [0.15, 0.2) is 42.5 Å². The van der Waals surface area contributed by atoms with Gasteiger partial charge in [0.25, 0.3) is 0 Å². The quantitative estimate of drug-likeness (QED) is 0.838. The molecule has 0 aliphatic heterocycles. The first-order chi connectivity index (χ1) is 10.5. The van der Waals surface area contributed by atoms with Crippen LogP contribution in [-0.2, 0) is 6.42 Å². The molecule has 114 valence electrons. The summed E-state index contributed by atoms with van der Waals surface area (Å²) in [6.45, 7) is 2.05. The number of methoxy groups -OCH3 is 1. The van der Waals surface area contributed by atoms with E-state index in [1.807, 2.05) is 50.5 Å². The Kier molecular flexibility index (Phi) is 5.06. The van der Waals surface area contributed by atoms with E-state index < -0.39 is 0 Å². The van der Waals surface area contributed by atoms with Crippen molar-refractivity contribution < 1.29 is 4.74 Å². The van der Waals surface area contributed by atoms with Crippen molar-refractivity contribution in [3.63, 3.8) is 0 Å². The summed E-state index contributed by atoms with van der Waals surface area (Å²) in [5, 5.41) is 9.55. The summed E-state index contributed by atoms with van der Waals surface area (Å²) in [6.07, 6.45) is 0.655. The summed E-state index contributed by atoms with van der Waals surface area (Å²) in [7, 11) is 5.68. The summed E-state index contributed by atoms with van der Waals surface area (Å²) in [5.74, 6) is 0.669. The van der Waals surface area contributed by atoms with E-state index in [1.54, 1.807) is 7.11 Å². The summed E-state index contributed by atoms with van der Waals surface area (Å²) < 4.78 is 5.42. The molecule has 0 bridgehead atoms. The van der Waals surface area contributed by atoms with Crippen molar-refractivity contribution in [2.45, 2.75) is 19.3 Å². The van der Waals surface area contributed by atoms with Gasteiger partial charge < -0.3 is 9.64 Å². The maximum absolute atomic E-state index is 9.55. The highest BCUT2D eigenvalue weighted by atomic mass is 16.5. The summed E-state index contributed by atoms with van der Waals surface area (Å²) in [5.41, 5.74) is 4.42. The molecule has 0 aliphatic carbocycles. The van der Waals surface area contributed by atoms with Crippen LogP contribution in [0.3, 0.4) is 0 Å². The molecule has 2 aromatic rings. The normalized spacial score (nSPS) is 11.6.